The van der Waals surface area contributed by atoms with E-state index >= 15 is 4.39 Å². The van der Waals surface area contributed by atoms with E-state index in [0.717, 1.165) is 20.0 Å². The fourth-order valence-electron chi connectivity index (χ4n) is 4.32. The summed E-state index contributed by atoms with van der Waals surface area (Å²) in [5, 5.41) is 11.6. The number of aliphatic hydroxyl groups excluding tert-OH is 1. The minimum absolute atomic E-state index is 0.0603. The van der Waals surface area contributed by atoms with Crippen LogP contribution in [0.2, 0.25) is 5.02 Å². The Balaban J connectivity index is 1.64. The van der Waals surface area contributed by atoms with Crippen molar-refractivity contribution in [2.75, 3.05) is 7.11 Å². The van der Waals surface area contributed by atoms with Crippen molar-refractivity contribution < 1.29 is 28.2 Å². The molecule has 0 saturated heterocycles. The molecule has 4 rings (SSSR count). The zero-order chi connectivity index (χ0) is 24.3. The van der Waals surface area contributed by atoms with E-state index in [1.807, 2.05) is 0 Å². The number of esters is 1. The minimum atomic E-state index is -2.71. The number of carbonyl (C=O) groups is 1. The molecule has 3 aromatic rings. The van der Waals surface area contributed by atoms with Crippen LogP contribution in [-0.2, 0) is 16.0 Å². The van der Waals surface area contributed by atoms with Crippen molar-refractivity contribution in [1.29, 1.82) is 0 Å². The highest BCUT2D eigenvalue weighted by atomic mass is 35.5. The second-order valence-electron chi connectivity index (χ2n) is 8.53. The Hall–Kier alpha value is -2.96. The molecule has 7 heteroatoms. The number of carbonyl (C=O) groups excluding carboxylic acids is 1. The van der Waals surface area contributed by atoms with Crippen molar-refractivity contribution in [2.24, 2.45) is 5.92 Å². The second kappa shape index (κ2) is 10.1. The first-order chi connectivity index (χ1) is 16.3. The standard InChI is InChI=1S/C27H25ClF2O4/c1-33-26(32)27(30,25(18-8-9-18)19-10-12-20(28)13-11-19)24(31)16-17-7-14-22(29)23(15-17)34-21-5-3-2-4-6-21/h2-7,10-15,18,24-25,31H,8-9,16H2,1H3/t24?,25-,27+/m0/s1. The molecule has 4 nitrogen and oxygen atoms in total. The van der Waals surface area contributed by atoms with E-state index in [1.165, 1.54) is 18.2 Å². The van der Waals surface area contributed by atoms with Crippen LogP contribution in [0.25, 0.3) is 0 Å². The molecular formula is C27H25ClF2O4. The Labute approximate surface area is 202 Å². The lowest BCUT2D eigenvalue weighted by molar-refractivity contribution is -0.167. The number of aliphatic hydroxyl groups is 1. The van der Waals surface area contributed by atoms with Gasteiger partial charge in [-0.2, -0.15) is 0 Å². The summed E-state index contributed by atoms with van der Waals surface area (Å²) in [6.07, 6.45) is -0.521. The molecule has 1 aliphatic carbocycles. The molecule has 34 heavy (non-hydrogen) atoms. The van der Waals surface area contributed by atoms with Crippen LogP contribution in [0.5, 0.6) is 11.5 Å². The largest absolute Gasteiger partial charge is 0.467 e. The van der Waals surface area contributed by atoms with Gasteiger partial charge in [-0.05, 0) is 66.3 Å². The van der Waals surface area contributed by atoms with E-state index in [1.54, 1.807) is 54.6 Å². The molecule has 3 aromatic carbocycles. The maximum Gasteiger partial charge on any atom is 0.347 e. The number of benzene rings is 3. The molecule has 0 heterocycles. The van der Waals surface area contributed by atoms with Gasteiger partial charge in [-0.3, -0.25) is 0 Å². The maximum absolute atomic E-state index is 16.7. The number of halogens is 3. The first-order valence-electron chi connectivity index (χ1n) is 11.0. The van der Waals surface area contributed by atoms with E-state index < -0.39 is 29.5 Å². The van der Waals surface area contributed by atoms with Crippen molar-refractivity contribution in [2.45, 2.75) is 37.0 Å². The number of para-hydroxylation sites is 1. The van der Waals surface area contributed by atoms with Gasteiger partial charge >= 0.3 is 5.97 Å². The lowest BCUT2D eigenvalue weighted by Gasteiger charge is -2.36. The van der Waals surface area contributed by atoms with Crippen LogP contribution in [-0.4, -0.2) is 30.0 Å². The molecule has 0 spiro atoms. The van der Waals surface area contributed by atoms with Crippen LogP contribution < -0.4 is 4.74 Å². The van der Waals surface area contributed by atoms with Gasteiger partial charge in [-0.15, -0.1) is 0 Å². The normalized spacial score (nSPS) is 16.9. The summed E-state index contributed by atoms with van der Waals surface area (Å²) in [4.78, 5) is 12.8. The van der Waals surface area contributed by atoms with E-state index in [9.17, 15) is 14.3 Å². The third-order valence-corrected chi connectivity index (χ3v) is 6.41. The van der Waals surface area contributed by atoms with Gasteiger partial charge in [0.25, 0.3) is 0 Å². The van der Waals surface area contributed by atoms with E-state index in [-0.39, 0.29) is 18.1 Å². The SMILES string of the molecule is COC(=O)[C@@](F)(C(O)Cc1ccc(F)c(Oc2ccccc2)c1)[C@H](c1ccc(Cl)cc1)C1CC1. The van der Waals surface area contributed by atoms with Crippen molar-refractivity contribution in [1.82, 2.24) is 0 Å². The summed E-state index contributed by atoms with van der Waals surface area (Å²) in [6, 6.07) is 19.3. The number of hydrogen-bond donors (Lipinski definition) is 1. The molecule has 0 radical (unpaired) electrons. The topological polar surface area (TPSA) is 55.8 Å². The Bertz CT molecular complexity index is 1140. The van der Waals surface area contributed by atoms with E-state index in [0.29, 0.717) is 21.9 Å². The summed E-state index contributed by atoms with van der Waals surface area (Å²) >= 11 is 5.99. The van der Waals surface area contributed by atoms with E-state index in [4.69, 9.17) is 21.1 Å². The van der Waals surface area contributed by atoms with Crippen LogP contribution in [0.3, 0.4) is 0 Å². The first-order valence-corrected chi connectivity index (χ1v) is 11.4. The summed E-state index contributed by atoms with van der Waals surface area (Å²) in [6.45, 7) is 0. The van der Waals surface area contributed by atoms with Crippen molar-refractivity contribution in [3.05, 3.63) is 94.8 Å². The van der Waals surface area contributed by atoms with Crippen LogP contribution in [0, 0.1) is 11.7 Å². The smallest absolute Gasteiger partial charge is 0.347 e. The number of rotatable bonds is 9. The first kappa shape index (κ1) is 24.2. The monoisotopic (exact) mass is 486 g/mol. The summed E-state index contributed by atoms with van der Waals surface area (Å²) in [5.41, 5.74) is -1.74. The summed E-state index contributed by atoms with van der Waals surface area (Å²) in [7, 11) is 1.10. The van der Waals surface area contributed by atoms with Crippen LogP contribution in [0.4, 0.5) is 8.78 Å². The second-order valence-corrected chi connectivity index (χ2v) is 8.96. The van der Waals surface area contributed by atoms with E-state index in [2.05, 4.69) is 0 Å². The van der Waals surface area contributed by atoms with Gasteiger partial charge in [0.05, 0.1) is 7.11 Å². The van der Waals surface area contributed by atoms with Gasteiger partial charge < -0.3 is 14.6 Å². The van der Waals surface area contributed by atoms with Crippen molar-refractivity contribution in [3.8, 4) is 11.5 Å². The Morgan fingerprint density at radius 1 is 1.12 bits per heavy atom. The zero-order valence-electron chi connectivity index (χ0n) is 18.6. The van der Waals surface area contributed by atoms with Gasteiger partial charge in [0.15, 0.2) is 11.6 Å². The third-order valence-electron chi connectivity index (χ3n) is 6.15. The molecule has 1 unspecified atom stereocenters. The zero-order valence-corrected chi connectivity index (χ0v) is 19.3. The van der Waals surface area contributed by atoms with Crippen molar-refractivity contribution in [3.63, 3.8) is 0 Å². The molecule has 1 aliphatic rings. The fourth-order valence-corrected chi connectivity index (χ4v) is 4.45. The van der Waals surface area contributed by atoms with Crippen LogP contribution in [0.15, 0.2) is 72.8 Å². The van der Waals surface area contributed by atoms with Gasteiger partial charge in [0.2, 0.25) is 5.67 Å². The maximum atomic E-state index is 16.7. The fraction of sp³-hybridized carbons (Fsp3) is 0.296. The molecule has 1 saturated carbocycles. The van der Waals surface area contributed by atoms with Crippen LogP contribution >= 0.6 is 11.6 Å². The highest BCUT2D eigenvalue weighted by Crippen LogP contribution is 2.52. The van der Waals surface area contributed by atoms with Crippen molar-refractivity contribution >= 4 is 17.6 Å². The number of methoxy groups -OCH3 is 1. The van der Waals surface area contributed by atoms with Gasteiger partial charge in [0, 0.05) is 17.4 Å². The minimum Gasteiger partial charge on any atom is -0.467 e. The molecular weight excluding hydrogens is 462 g/mol. The average molecular weight is 487 g/mol. The summed E-state index contributed by atoms with van der Waals surface area (Å²) < 4.78 is 41.5. The molecule has 1 N–H and O–H groups in total. The number of alkyl halides is 1. The Morgan fingerprint density at radius 3 is 2.41 bits per heavy atom. The molecule has 3 atom stereocenters. The van der Waals surface area contributed by atoms with Gasteiger partial charge in [-0.25, -0.2) is 13.6 Å². The van der Waals surface area contributed by atoms with Gasteiger partial charge in [0.1, 0.15) is 11.9 Å². The Kier molecular flexibility index (Phi) is 7.19. The molecule has 0 aliphatic heterocycles. The molecule has 178 valence electrons. The molecule has 1 fully saturated rings. The van der Waals surface area contributed by atoms with Gasteiger partial charge in [-0.1, -0.05) is 48.0 Å². The van der Waals surface area contributed by atoms with Crippen LogP contribution in [0.1, 0.15) is 29.9 Å². The third kappa shape index (κ3) is 5.08. The predicted octanol–water partition coefficient (Wildman–Crippen LogP) is 6.25. The number of ether oxygens (including phenoxy) is 2. The summed E-state index contributed by atoms with van der Waals surface area (Å²) in [5.74, 6) is -2.40. The average Bonchev–Trinajstić information content (AvgIpc) is 3.67. The highest BCUT2D eigenvalue weighted by molar-refractivity contribution is 6.30. The molecule has 0 bridgehead atoms. The molecule has 0 aromatic heterocycles. The Morgan fingerprint density at radius 2 is 1.79 bits per heavy atom. The number of hydrogen-bond acceptors (Lipinski definition) is 4. The lowest BCUT2D eigenvalue weighted by atomic mass is 9.75. The predicted molar refractivity (Wildman–Crippen MR) is 125 cm³/mol. The quantitative estimate of drug-likeness (QED) is 0.363. The highest BCUT2D eigenvalue weighted by Gasteiger charge is 2.58. The molecule has 0 amide bonds. The lowest BCUT2D eigenvalue weighted by Crippen LogP contribution is -2.52.